The first-order chi connectivity index (χ1) is 16.5. The lowest BCUT2D eigenvalue weighted by Gasteiger charge is -2.32. The fourth-order valence-corrected chi connectivity index (χ4v) is 3.98. The molecule has 2 aromatic carbocycles. The highest BCUT2D eigenvalue weighted by Gasteiger charge is 2.25. The number of piperidine rings is 1. The van der Waals surface area contributed by atoms with Gasteiger partial charge in [-0.3, -0.25) is 9.59 Å². The molecular formula is C25H27FN4O4. The summed E-state index contributed by atoms with van der Waals surface area (Å²) in [6.45, 7) is 1.53. The predicted molar refractivity (Wildman–Crippen MR) is 125 cm³/mol. The largest absolute Gasteiger partial charge is 0.490 e. The molecule has 34 heavy (non-hydrogen) atoms. The molecule has 1 saturated heterocycles. The maximum atomic E-state index is 13.8. The summed E-state index contributed by atoms with van der Waals surface area (Å²) in [5, 5.41) is 6.97. The number of nitrogens with one attached hydrogen (secondary N) is 1. The Morgan fingerprint density at radius 3 is 2.88 bits per heavy atom. The number of halogens is 1. The molecule has 8 nitrogen and oxygen atoms in total. The number of anilines is 1. The molecule has 1 aliphatic rings. The van der Waals surface area contributed by atoms with Crippen molar-refractivity contribution in [2.75, 3.05) is 38.7 Å². The molecule has 2 heterocycles. The van der Waals surface area contributed by atoms with E-state index in [0.29, 0.717) is 36.6 Å². The molecule has 1 unspecified atom stereocenters. The second-order valence-corrected chi connectivity index (χ2v) is 8.21. The van der Waals surface area contributed by atoms with E-state index < -0.39 is 0 Å². The molecule has 0 aliphatic carbocycles. The number of aromatic nitrogens is 2. The summed E-state index contributed by atoms with van der Waals surface area (Å²) < 4.78 is 25.9. The van der Waals surface area contributed by atoms with Crippen LogP contribution in [-0.2, 0) is 9.53 Å². The van der Waals surface area contributed by atoms with Crippen molar-refractivity contribution in [3.05, 3.63) is 72.3 Å². The maximum absolute atomic E-state index is 13.8. The SMILES string of the molecule is COCC(=O)Nc1cnn(-c2cccc(C(=O)N3CCCC(COc4ccccc4F)C3)c2)c1. The third-order valence-electron chi connectivity index (χ3n) is 5.62. The van der Waals surface area contributed by atoms with Crippen LogP contribution in [0.15, 0.2) is 60.9 Å². The van der Waals surface area contributed by atoms with Crippen molar-refractivity contribution in [3.63, 3.8) is 0 Å². The van der Waals surface area contributed by atoms with Gasteiger partial charge in [0.1, 0.15) is 6.61 Å². The molecule has 0 bridgehead atoms. The third kappa shape index (κ3) is 5.79. The molecular weight excluding hydrogens is 439 g/mol. The quantitative estimate of drug-likeness (QED) is 0.549. The second-order valence-electron chi connectivity index (χ2n) is 8.21. The molecule has 0 saturated carbocycles. The zero-order valence-corrected chi connectivity index (χ0v) is 18.9. The van der Waals surface area contributed by atoms with Crippen molar-refractivity contribution in [2.24, 2.45) is 5.92 Å². The topological polar surface area (TPSA) is 85.7 Å². The van der Waals surface area contributed by atoms with Crippen molar-refractivity contribution in [3.8, 4) is 11.4 Å². The Morgan fingerprint density at radius 2 is 2.06 bits per heavy atom. The van der Waals surface area contributed by atoms with E-state index in [1.54, 1.807) is 47.3 Å². The lowest BCUT2D eigenvalue weighted by Crippen LogP contribution is -2.41. The van der Waals surface area contributed by atoms with Gasteiger partial charge in [0.15, 0.2) is 11.6 Å². The molecule has 3 aromatic rings. The van der Waals surface area contributed by atoms with Crippen LogP contribution < -0.4 is 10.1 Å². The fourth-order valence-electron chi connectivity index (χ4n) is 3.98. The maximum Gasteiger partial charge on any atom is 0.253 e. The summed E-state index contributed by atoms with van der Waals surface area (Å²) in [4.78, 5) is 26.7. The summed E-state index contributed by atoms with van der Waals surface area (Å²) >= 11 is 0. The Hall–Kier alpha value is -3.72. The molecule has 9 heteroatoms. The van der Waals surface area contributed by atoms with E-state index in [0.717, 1.165) is 12.8 Å². The number of hydrogen-bond acceptors (Lipinski definition) is 5. The van der Waals surface area contributed by atoms with E-state index in [4.69, 9.17) is 9.47 Å². The molecule has 178 valence electrons. The van der Waals surface area contributed by atoms with Gasteiger partial charge in [0.05, 0.1) is 30.4 Å². The lowest BCUT2D eigenvalue weighted by atomic mass is 9.98. The summed E-state index contributed by atoms with van der Waals surface area (Å²) in [7, 11) is 1.45. The summed E-state index contributed by atoms with van der Waals surface area (Å²) in [5.41, 5.74) is 1.79. The van der Waals surface area contributed by atoms with Gasteiger partial charge >= 0.3 is 0 Å². The van der Waals surface area contributed by atoms with Gasteiger partial charge in [-0.25, -0.2) is 9.07 Å². The van der Waals surface area contributed by atoms with Gasteiger partial charge in [-0.1, -0.05) is 18.2 Å². The Balaban J connectivity index is 1.39. The molecule has 2 amide bonds. The monoisotopic (exact) mass is 466 g/mol. The molecule has 1 atom stereocenters. The van der Waals surface area contributed by atoms with Crippen LogP contribution >= 0.6 is 0 Å². The Morgan fingerprint density at radius 1 is 1.21 bits per heavy atom. The number of ether oxygens (including phenoxy) is 2. The number of benzene rings is 2. The Labute approximate surface area is 197 Å². The van der Waals surface area contributed by atoms with Gasteiger partial charge in [-0.05, 0) is 43.2 Å². The van der Waals surface area contributed by atoms with Crippen LogP contribution in [0.1, 0.15) is 23.2 Å². The van der Waals surface area contributed by atoms with Crippen molar-refractivity contribution in [2.45, 2.75) is 12.8 Å². The summed E-state index contributed by atoms with van der Waals surface area (Å²) in [6.07, 6.45) is 4.99. The summed E-state index contributed by atoms with van der Waals surface area (Å²) in [6, 6.07) is 13.5. The first-order valence-electron chi connectivity index (χ1n) is 11.1. The number of para-hydroxylation sites is 1. The van der Waals surface area contributed by atoms with Crippen molar-refractivity contribution in [1.29, 1.82) is 0 Å². The van der Waals surface area contributed by atoms with Gasteiger partial charge in [-0.2, -0.15) is 5.10 Å². The minimum absolute atomic E-state index is 0.0443. The van der Waals surface area contributed by atoms with Crippen LogP contribution in [0.4, 0.5) is 10.1 Å². The summed E-state index contributed by atoms with van der Waals surface area (Å²) in [5.74, 6) is -0.369. The number of nitrogens with zero attached hydrogens (tertiary/aromatic N) is 3. The number of rotatable bonds is 8. The van der Waals surface area contributed by atoms with E-state index in [9.17, 15) is 14.0 Å². The van der Waals surface area contributed by atoms with Crippen molar-refractivity contribution >= 4 is 17.5 Å². The zero-order valence-electron chi connectivity index (χ0n) is 18.9. The van der Waals surface area contributed by atoms with Gasteiger partial charge in [0.25, 0.3) is 5.91 Å². The van der Waals surface area contributed by atoms with Gasteiger partial charge in [-0.15, -0.1) is 0 Å². The highest BCUT2D eigenvalue weighted by molar-refractivity contribution is 5.95. The highest BCUT2D eigenvalue weighted by Crippen LogP contribution is 2.23. The number of methoxy groups -OCH3 is 1. The molecule has 0 spiro atoms. The molecule has 1 aromatic heterocycles. The van der Waals surface area contributed by atoms with Gasteiger partial charge in [0.2, 0.25) is 5.91 Å². The van der Waals surface area contributed by atoms with Gasteiger partial charge < -0.3 is 19.7 Å². The van der Waals surface area contributed by atoms with Crippen LogP contribution in [0.25, 0.3) is 5.69 Å². The number of likely N-dealkylation sites (tertiary alicyclic amines) is 1. The molecule has 0 radical (unpaired) electrons. The minimum atomic E-state index is -0.386. The smallest absolute Gasteiger partial charge is 0.253 e. The lowest BCUT2D eigenvalue weighted by molar-refractivity contribution is -0.119. The van der Waals surface area contributed by atoms with Crippen LogP contribution in [0.2, 0.25) is 0 Å². The number of hydrogen-bond donors (Lipinski definition) is 1. The molecule has 1 N–H and O–H groups in total. The van der Waals surface area contributed by atoms with E-state index in [1.807, 2.05) is 11.0 Å². The first kappa shape index (κ1) is 23.4. The Kier molecular flexibility index (Phi) is 7.54. The zero-order chi connectivity index (χ0) is 23.9. The number of amides is 2. The third-order valence-corrected chi connectivity index (χ3v) is 5.62. The fraction of sp³-hybridized carbons (Fsp3) is 0.320. The standard InChI is InChI=1S/C25H27FN4O4/c1-33-17-24(31)28-20-13-27-30(15-20)21-8-4-7-19(12-21)25(32)29-11-5-6-18(14-29)16-34-23-10-3-2-9-22(23)26/h2-4,7-10,12-13,15,18H,5-6,11,14,16-17H2,1H3,(H,28,31). The number of carbonyl (C=O) groups excluding carboxylic acids is 2. The highest BCUT2D eigenvalue weighted by atomic mass is 19.1. The molecule has 4 rings (SSSR count). The van der Waals surface area contributed by atoms with E-state index >= 15 is 0 Å². The van der Waals surface area contributed by atoms with Crippen LogP contribution in [0.5, 0.6) is 5.75 Å². The number of carbonyl (C=O) groups is 2. The average molecular weight is 467 g/mol. The van der Waals surface area contributed by atoms with Crippen LogP contribution in [0, 0.1) is 11.7 Å². The average Bonchev–Trinajstić information content (AvgIpc) is 3.32. The van der Waals surface area contributed by atoms with E-state index in [1.165, 1.54) is 19.4 Å². The second kappa shape index (κ2) is 10.9. The van der Waals surface area contributed by atoms with Crippen LogP contribution in [0.3, 0.4) is 0 Å². The predicted octanol–water partition coefficient (Wildman–Crippen LogP) is 3.53. The molecule has 1 fully saturated rings. The van der Waals surface area contributed by atoms with Crippen molar-refractivity contribution in [1.82, 2.24) is 14.7 Å². The van der Waals surface area contributed by atoms with Crippen molar-refractivity contribution < 1.29 is 23.5 Å². The molecule has 1 aliphatic heterocycles. The van der Waals surface area contributed by atoms with E-state index in [2.05, 4.69) is 10.4 Å². The van der Waals surface area contributed by atoms with Gasteiger partial charge in [0, 0.05) is 31.7 Å². The Bertz CT molecular complexity index is 1150. The van der Waals surface area contributed by atoms with E-state index in [-0.39, 0.29) is 35.9 Å². The first-order valence-corrected chi connectivity index (χ1v) is 11.1. The van der Waals surface area contributed by atoms with Crippen LogP contribution in [-0.4, -0.2) is 59.9 Å². The minimum Gasteiger partial charge on any atom is -0.490 e. The normalized spacial score (nSPS) is 15.7.